The normalized spacial score (nSPS) is 24.3. The largest absolute Gasteiger partial charge is 0.416 e. The molecule has 3 rings (SSSR count). The fourth-order valence-electron chi connectivity index (χ4n) is 2.56. The average molecular weight is 310 g/mol. The van der Waals surface area contributed by atoms with E-state index >= 15 is 0 Å². The standard InChI is InChI=1S/C15H10F4N2O/c16-11-4-2-1-3-10(11)13-12-7-9(15(17,18)19)5-6-21(12)8-20-14(13)22/h1-8,12-13H. The van der Waals surface area contributed by atoms with Gasteiger partial charge >= 0.3 is 6.18 Å². The van der Waals surface area contributed by atoms with Crippen LogP contribution in [0, 0.1) is 5.82 Å². The fourth-order valence-corrected chi connectivity index (χ4v) is 2.56. The molecule has 2 heterocycles. The van der Waals surface area contributed by atoms with E-state index in [-0.39, 0.29) is 5.56 Å². The molecule has 0 aromatic heterocycles. The van der Waals surface area contributed by atoms with E-state index in [9.17, 15) is 22.4 Å². The second-order valence-electron chi connectivity index (χ2n) is 4.96. The molecule has 114 valence electrons. The van der Waals surface area contributed by atoms with Crippen LogP contribution in [0.1, 0.15) is 11.5 Å². The van der Waals surface area contributed by atoms with Gasteiger partial charge in [-0.15, -0.1) is 0 Å². The number of halogens is 4. The van der Waals surface area contributed by atoms with Gasteiger partial charge in [-0.25, -0.2) is 9.38 Å². The molecule has 3 nitrogen and oxygen atoms in total. The molecule has 2 atom stereocenters. The monoisotopic (exact) mass is 310 g/mol. The van der Waals surface area contributed by atoms with Crippen LogP contribution in [0.25, 0.3) is 0 Å². The Labute approximate surface area is 123 Å². The van der Waals surface area contributed by atoms with Gasteiger partial charge in [0, 0.05) is 11.8 Å². The molecule has 1 aromatic carbocycles. The van der Waals surface area contributed by atoms with Gasteiger partial charge in [0.15, 0.2) is 0 Å². The van der Waals surface area contributed by atoms with Gasteiger partial charge in [0.2, 0.25) is 0 Å². The molecule has 0 radical (unpaired) electrons. The van der Waals surface area contributed by atoms with E-state index in [1.807, 2.05) is 0 Å². The Bertz CT molecular complexity index is 706. The molecule has 0 spiro atoms. The number of benzene rings is 1. The van der Waals surface area contributed by atoms with Crippen LogP contribution in [0.15, 0.2) is 53.2 Å². The topological polar surface area (TPSA) is 32.7 Å². The number of carbonyl (C=O) groups is 1. The number of rotatable bonds is 1. The summed E-state index contributed by atoms with van der Waals surface area (Å²) in [6.07, 6.45) is -0.349. The van der Waals surface area contributed by atoms with Crippen molar-refractivity contribution in [3.8, 4) is 0 Å². The van der Waals surface area contributed by atoms with E-state index in [1.165, 1.54) is 35.4 Å². The molecule has 1 amide bonds. The minimum Gasteiger partial charge on any atom is -0.331 e. The Kier molecular flexibility index (Phi) is 3.35. The third-order valence-electron chi connectivity index (χ3n) is 3.61. The molecule has 22 heavy (non-hydrogen) atoms. The van der Waals surface area contributed by atoms with Crippen molar-refractivity contribution in [1.29, 1.82) is 0 Å². The van der Waals surface area contributed by atoms with Crippen LogP contribution in [-0.4, -0.2) is 29.4 Å². The van der Waals surface area contributed by atoms with Crippen molar-refractivity contribution in [3.63, 3.8) is 0 Å². The zero-order chi connectivity index (χ0) is 15.9. The molecular formula is C15H10F4N2O. The van der Waals surface area contributed by atoms with Crippen molar-refractivity contribution >= 4 is 12.2 Å². The van der Waals surface area contributed by atoms with E-state index in [2.05, 4.69) is 4.99 Å². The first kappa shape index (κ1) is 14.5. The highest BCUT2D eigenvalue weighted by molar-refractivity contribution is 5.94. The lowest BCUT2D eigenvalue weighted by Crippen LogP contribution is -2.43. The van der Waals surface area contributed by atoms with Gasteiger partial charge in [0.25, 0.3) is 5.91 Å². The van der Waals surface area contributed by atoms with Crippen molar-refractivity contribution in [1.82, 2.24) is 4.90 Å². The van der Waals surface area contributed by atoms with Crippen molar-refractivity contribution in [2.45, 2.75) is 18.1 Å². The maximum atomic E-state index is 14.0. The quantitative estimate of drug-likeness (QED) is 0.746. The number of aliphatic imine (C=N–C) groups is 1. The fraction of sp³-hybridized carbons (Fsp3) is 0.200. The van der Waals surface area contributed by atoms with Gasteiger partial charge in [0.1, 0.15) is 5.82 Å². The summed E-state index contributed by atoms with van der Waals surface area (Å²) < 4.78 is 52.6. The zero-order valence-corrected chi connectivity index (χ0v) is 11.1. The second kappa shape index (κ2) is 5.08. The summed E-state index contributed by atoms with van der Waals surface area (Å²) in [5, 5.41) is 0. The Morgan fingerprint density at radius 3 is 2.59 bits per heavy atom. The van der Waals surface area contributed by atoms with E-state index in [1.54, 1.807) is 0 Å². The van der Waals surface area contributed by atoms with E-state index in [0.29, 0.717) is 0 Å². The maximum absolute atomic E-state index is 14.0. The van der Waals surface area contributed by atoms with Gasteiger partial charge in [-0.3, -0.25) is 4.79 Å². The molecule has 1 aromatic rings. The Morgan fingerprint density at radius 1 is 1.18 bits per heavy atom. The Hall–Kier alpha value is -2.44. The van der Waals surface area contributed by atoms with Gasteiger partial charge in [-0.2, -0.15) is 13.2 Å². The summed E-state index contributed by atoms with van der Waals surface area (Å²) >= 11 is 0. The molecule has 2 aliphatic heterocycles. The lowest BCUT2D eigenvalue weighted by Gasteiger charge is -2.36. The van der Waals surface area contributed by atoms with Gasteiger partial charge in [-0.05, 0) is 18.2 Å². The van der Waals surface area contributed by atoms with E-state index in [0.717, 1.165) is 18.5 Å². The number of carbonyl (C=O) groups excluding carboxylic acids is 1. The summed E-state index contributed by atoms with van der Waals surface area (Å²) in [5.41, 5.74) is -0.828. The maximum Gasteiger partial charge on any atom is 0.416 e. The third-order valence-corrected chi connectivity index (χ3v) is 3.61. The highest BCUT2D eigenvalue weighted by Gasteiger charge is 2.41. The number of nitrogens with zero attached hydrogens (tertiary/aromatic N) is 2. The predicted molar refractivity (Wildman–Crippen MR) is 71.5 cm³/mol. The first-order chi connectivity index (χ1) is 10.4. The number of hydrogen-bond acceptors (Lipinski definition) is 2. The van der Waals surface area contributed by atoms with Crippen LogP contribution < -0.4 is 0 Å². The first-order valence-electron chi connectivity index (χ1n) is 6.45. The summed E-state index contributed by atoms with van der Waals surface area (Å²) in [4.78, 5) is 17.0. The van der Waals surface area contributed by atoms with Crippen LogP contribution in [0.3, 0.4) is 0 Å². The van der Waals surface area contributed by atoms with Crippen LogP contribution >= 0.6 is 0 Å². The van der Waals surface area contributed by atoms with Crippen molar-refractivity contribution in [2.75, 3.05) is 0 Å². The Morgan fingerprint density at radius 2 is 1.91 bits per heavy atom. The van der Waals surface area contributed by atoms with Crippen LogP contribution in [0.5, 0.6) is 0 Å². The molecule has 0 aliphatic carbocycles. The lowest BCUT2D eigenvalue weighted by molar-refractivity contribution is -0.120. The Balaban J connectivity index is 2.08. The van der Waals surface area contributed by atoms with Crippen LogP contribution in [0.2, 0.25) is 0 Å². The minimum atomic E-state index is -4.53. The molecule has 7 heteroatoms. The van der Waals surface area contributed by atoms with Crippen molar-refractivity contribution < 1.29 is 22.4 Å². The van der Waals surface area contributed by atoms with Crippen LogP contribution in [-0.2, 0) is 4.79 Å². The van der Waals surface area contributed by atoms with Crippen molar-refractivity contribution in [3.05, 3.63) is 59.6 Å². The molecule has 2 aliphatic rings. The third kappa shape index (κ3) is 2.43. The van der Waals surface area contributed by atoms with E-state index in [4.69, 9.17) is 0 Å². The highest BCUT2D eigenvalue weighted by Crippen LogP contribution is 2.36. The van der Waals surface area contributed by atoms with Gasteiger partial charge in [0.05, 0.1) is 23.9 Å². The van der Waals surface area contributed by atoms with Crippen molar-refractivity contribution in [2.24, 2.45) is 4.99 Å². The van der Waals surface area contributed by atoms with Crippen LogP contribution in [0.4, 0.5) is 17.6 Å². The molecule has 0 bridgehead atoms. The highest BCUT2D eigenvalue weighted by atomic mass is 19.4. The lowest BCUT2D eigenvalue weighted by atomic mass is 9.86. The van der Waals surface area contributed by atoms with Gasteiger partial charge in [-0.1, -0.05) is 18.2 Å². The first-order valence-corrected chi connectivity index (χ1v) is 6.45. The molecular weight excluding hydrogens is 300 g/mol. The number of allylic oxidation sites excluding steroid dienone is 2. The van der Waals surface area contributed by atoms with Gasteiger partial charge < -0.3 is 4.90 Å². The SMILES string of the molecule is O=C1N=CN2C=CC(C(F)(F)F)=CC2C1c1ccccc1F. The second-order valence-corrected chi connectivity index (χ2v) is 4.96. The summed E-state index contributed by atoms with van der Waals surface area (Å²) in [7, 11) is 0. The molecule has 0 saturated heterocycles. The predicted octanol–water partition coefficient (Wildman–Crippen LogP) is 3.16. The molecule has 0 saturated carbocycles. The number of fused-ring (bicyclic) bond motifs is 1. The number of alkyl halides is 3. The molecule has 0 fully saturated rings. The smallest absolute Gasteiger partial charge is 0.331 e. The summed E-state index contributed by atoms with van der Waals surface area (Å²) in [5.74, 6) is -2.43. The minimum absolute atomic E-state index is 0.0347. The zero-order valence-electron chi connectivity index (χ0n) is 11.1. The number of amides is 1. The number of hydrogen-bond donors (Lipinski definition) is 0. The molecule has 2 unspecified atom stereocenters. The summed E-state index contributed by atoms with van der Waals surface area (Å²) in [6.45, 7) is 0. The average Bonchev–Trinajstić information content (AvgIpc) is 2.47. The van der Waals surface area contributed by atoms with E-state index < -0.39 is 35.4 Å². The molecule has 0 N–H and O–H groups in total. The summed E-state index contributed by atoms with van der Waals surface area (Å²) in [6, 6.07) is 4.57.